The van der Waals surface area contributed by atoms with Crippen LogP contribution in [0.25, 0.3) is 0 Å². The van der Waals surface area contributed by atoms with Crippen molar-refractivity contribution >= 4 is 28.7 Å². The molecule has 1 unspecified atom stereocenters. The smallest absolute Gasteiger partial charge is 0.140 e. The molecule has 3 heteroatoms. The molecule has 2 rings (SSSR count). The van der Waals surface area contributed by atoms with Crippen LogP contribution in [-0.4, -0.2) is 5.78 Å². The highest BCUT2D eigenvalue weighted by Crippen LogP contribution is 2.52. The number of hydrogen-bond donors (Lipinski definition) is 0. The third-order valence-electron chi connectivity index (χ3n) is 2.90. The number of thiophene rings is 1. The maximum absolute atomic E-state index is 11.8. The molecule has 0 spiro atoms. The van der Waals surface area contributed by atoms with Gasteiger partial charge in [0.1, 0.15) is 5.78 Å². The van der Waals surface area contributed by atoms with Crippen LogP contribution in [-0.2, 0) is 11.2 Å². The van der Waals surface area contributed by atoms with Gasteiger partial charge >= 0.3 is 0 Å². The van der Waals surface area contributed by atoms with Crippen LogP contribution in [0.4, 0.5) is 0 Å². The van der Waals surface area contributed by atoms with Crippen molar-refractivity contribution in [1.82, 2.24) is 0 Å². The topological polar surface area (TPSA) is 17.1 Å². The molecule has 76 valence electrons. The number of rotatable bonds is 3. The maximum Gasteiger partial charge on any atom is 0.140 e. The molecule has 1 aliphatic carbocycles. The van der Waals surface area contributed by atoms with E-state index in [1.165, 1.54) is 11.3 Å². The normalized spacial score (nSPS) is 23.5. The Balaban J connectivity index is 1.96. The lowest BCUT2D eigenvalue weighted by atomic mass is 10.0. The summed E-state index contributed by atoms with van der Waals surface area (Å²) in [5.41, 5.74) is 1.31. The molecule has 1 fully saturated rings. The van der Waals surface area contributed by atoms with Gasteiger partial charge in [-0.1, -0.05) is 25.4 Å². The fraction of sp³-hybridized carbons (Fsp3) is 0.545. The molecule has 0 saturated heterocycles. The summed E-state index contributed by atoms with van der Waals surface area (Å²) in [5, 5.41) is 1.97. The lowest BCUT2D eigenvalue weighted by Crippen LogP contribution is -2.08. The fourth-order valence-electron chi connectivity index (χ4n) is 1.78. The lowest BCUT2D eigenvalue weighted by Gasteiger charge is -2.00. The van der Waals surface area contributed by atoms with E-state index in [4.69, 9.17) is 11.6 Å². The largest absolute Gasteiger partial charge is 0.299 e. The van der Waals surface area contributed by atoms with Crippen LogP contribution in [0.1, 0.15) is 25.8 Å². The standard InChI is InChI=1S/C11H13ClOS/c1-11(2)5-8(11)9(13)3-7-4-10(12)14-6-7/h4,6,8H,3,5H2,1-2H3. The zero-order valence-electron chi connectivity index (χ0n) is 8.34. The summed E-state index contributed by atoms with van der Waals surface area (Å²) in [4.78, 5) is 11.8. The quantitative estimate of drug-likeness (QED) is 0.773. The molecule has 0 amide bonds. The van der Waals surface area contributed by atoms with E-state index in [2.05, 4.69) is 13.8 Å². The molecular formula is C11H13ClOS. The highest BCUT2D eigenvalue weighted by atomic mass is 35.5. The molecule has 1 atom stereocenters. The van der Waals surface area contributed by atoms with E-state index < -0.39 is 0 Å². The van der Waals surface area contributed by atoms with Crippen molar-refractivity contribution in [1.29, 1.82) is 0 Å². The van der Waals surface area contributed by atoms with Gasteiger partial charge in [-0.05, 0) is 28.8 Å². The Labute approximate surface area is 93.1 Å². The van der Waals surface area contributed by atoms with Gasteiger partial charge in [-0.25, -0.2) is 0 Å². The minimum absolute atomic E-state index is 0.247. The Bertz CT molecular complexity index is 367. The molecule has 0 aliphatic heterocycles. The van der Waals surface area contributed by atoms with Crippen LogP contribution in [0.5, 0.6) is 0 Å². The van der Waals surface area contributed by atoms with E-state index in [0.29, 0.717) is 12.2 Å². The molecule has 1 saturated carbocycles. The zero-order chi connectivity index (χ0) is 10.3. The van der Waals surface area contributed by atoms with Crippen molar-refractivity contribution in [2.45, 2.75) is 26.7 Å². The Hall–Kier alpha value is -0.340. The number of Topliss-reactive ketones (excluding diaryl/α,β-unsaturated/α-hetero) is 1. The molecule has 1 heterocycles. The van der Waals surface area contributed by atoms with Gasteiger partial charge in [-0.15, -0.1) is 11.3 Å². The van der Waals surface area contributed by atoms with Crippen LogP contribution < -0.4 is 0 Å². The van der Waals surface area contributed by atoms with Gasteiger partial charge in [-0.3, -0.25) is 4.79 Å². The summed E-state index contributed by atoms with van der Waals surface area (Å²) >= 11 is 7.29. The van der Waals surface area contributed by atoms with Crippen molar-refractivity contribution in [2.75, 3.05) is 0 Å². The van der Waals surface area contributed by atoms with Gasteiger partial charge in [0.05, 0.1) is 4.34 Å². The fourth-order valence-corrected chi connectivity index (χ4v) is 2.69. The lowest BCUT2D eigenvalue weighted by molar-refractivity contribution is -0.120. The van der Waals surface area contributed by atoms with Gasteiger partial charge in [0.15, 0.2) is 0 Å². The predicted molar refractivity (Wildman–Crippen MR) is 59.9 cm³/mol. The first kappa shape index (κ1) is 10.2. The van der Waals surface area contributed by atoms with E-state index in [0.717, 1.165) is 16.3 Å². The highest BCUT2D eigenvalue weighted by molar-refractivity contribution is 7.14. The Morgan fingerprint density at radius 2 is 2.36 bits per heavy atom. The number of carbonyl (C=O) groups excluding carboxylic acids is 1. The van der Waals surface area contributed by atoms with Crippen LogP contribution in [0.15, 0.2) is 11.4 Å². The average molecular weight is 229 g/mol. The van der Waals surface area contributed by atoms with Crippen molar-refractivity contribution in [3.63, 3.8) is 0 Å². The third kappa shape index (κ3) is 2.01. The first-order valence-corrected chi connectivity index (χ1v) is 6.00. The maximum atomic E-state index is 11.8. The molecule has 1 aromatic rings. The Morgan fingerprint density at radius 3 is 2.79 bits per heavy atom. The summed E-state index contributed by atoms with van der Waals surface area (Å²) in [6, 6.07) is 1.89. The molecule has 0 N–H and O–H groups in total. The van der Waals surface area contributed by atoms with Gasteiger partial charge in [-0.2, -0.15) is 0 Å². The summed E-state index contributed by atoms with van der Waals surface area (Å²) in [6.07, 6.45) is 1.60. The predicted octanol–water partition coefficient (Wildman–Crippen LogP) is 3.56. The van der Waals surface area contributed by atoms with Crippen LogP contribution in [0.2, 0.25) is 4.34 Å². The minimum Gasteiger partial charge on any atom is -0.299 e. The number of hydrogen-bond acceptors (Lipinski definition) is 2. The van der Waals surface area contributed by atoms with E-state index in [9.17, 15) is 4.79 Å². The highest BCUT2D eigenvalue weighted by Gasteiger charge is 2.49. The van der Waals surface area contributed by atoms with E-state index in [1.54, 1.807) is 0 Å². The Morgan fingerprint density at radius 1 is 1.71 bits per heavy atom. The van der Waals surface area contributed by atoms with Crippen molar-refractivity contribution in [3.8, 4) is 0 Å². The number of carbonyl (C=O) groups is 1. The first-order chi connectivity index (χ1) is 6.49. The van der Waals surface area contributed by atoms with Crippen LogP contribution >= 0.6 is 22.9 Å². The summed E-state index contributed by atoms with van der Waals surface area (Å²) in [7, 11) is 0. The molecular weight excluding hydrogens is 216 g/mol. The summed E-state index contributed by atoms with van der Waals surface area (Å²) < 4.78 is 0.767. The molecule has 0 aromatic carbocycles. The number of ketones is 1. The molecule has 1 aliphatic rings. The van der Waals surface area contributed by atoms with Crippen LogP contribution in [0.3, 0.4) is 0 Å². The van der Waals surface area contributed by atoms with Gasteiger partial charge in [0.25, 0.3) is 0 Å². The molecule has 1 aromatic heterocycles. The van der Waals surface area contributed by atoms with Gasteiger partial charge in [0, 0.05) is 12.3 Å². The zero-order valence-corrected chi connectivity index (χ0v) is 9.91. The van der Waals surface area contributed by atoms with Crippen molar-refractivity contribution < 1.29 is 4.79 Å². The van der Waals surface area contributed by atoms with Gasteiger partial charge in [0.2, 0.25) is 0 Å². The molecule has 0 bridgehead atoms. The van der Waals surface area contributed by atoms with Gasteiger partial charge < -0.3 is 0 Å². The summed E-state index contributed by atoms with van der Waals surface area (Å²) in [5.74, 6) is 0.644. The first-order valence-electron chi connectivity index (χ1n) is 4.75. The Kier molecular flexibility index (Phi) is 2.44. The van der Waals surface area contributed by atoms with Crippen molar-refractivity contribution in [2.24, 2.45) is 11.3 Å². The minimum atomic E-state index is 0.247. The second-order valence-electron chi connectivity index (χ2n) is 4.65. The molecule has 1 nitrogen and oxygen atoms in total. The van der Waals surface area contributed by atoms with Crippen molar-refractivity contribution in [3.05, 3.63) is 21.3 Å². The average Bonchev–Trinajstić information content (AvgIpc) is 2.51. The van der Waals surface area contributed by atoms with E-state index >= 15 is 0 Å². The van der Waals surface area contributed by atoms with Crippen LogP contribution in [0, 0.1) is 11.3 Å². The van der Waals surface area contributed by atoms with E-state index in [-0.39, 0.29) is 11.3 Å². The second-order valence-corrected chi connectivity index (χ2v) is 6.19. The van der Waals surface area contributed by atoms with E-state index in [1.807, 2.05) is 11.4 Å². The summed E-state index contributed by atoms with van der Waals surface area (Å²) in [6.45, 7) is 4.30. The monoisotopic (exact) mass is 228 g/mol. The molecule has 0 radical (unpaired) electrons. The SMILES string of the molecule is CC1(C)CC1C(=O)Cc1csc(Cl)c1. The third-order valence-corrected chi connectivity index (χ3v) is 4.04. The molecule has 14 heavy (non-hydrogen) atoms. The second kappa shape index (κ2) is 3.35. The number of halogens is 1.